The molecule has 1 aliphatic heterocycles. The number of nitrogens with zero attached hydrogens (tertiary/aromatic N) is 3. The maximum absolute atomic E-state index is 12.3. The first-order valence-corrected chi connectivity index (χ1v) is 8.85. The summed E-state index contributed by atoms with van der Waals surface area (Å²) in [4.78, 5) is 19.4. The summed E-state index contributed by atoms with van der Waals surface area (Å²) in [5.74, 6) is -0.331. The standard InChI is InChI=1S/C19H24F3N3O3/c1-13-12-24(17(26)28-18(2,3)4)10-11-25(13)16(23-5)14-6-8-15(9-7-14)27-19(20,21)22/h6-9,13,16H,10-12H2,1-4H3/t13-,16?/m0/s1. The Hall–Kier alpha value is -2.47. The van der Waals surface area contributed by atoms with Gasteiger partial charge in [0.1, 0.15) is 11.4 Å². The molecule has 1 heterocycles. The van der Waals surface area contributed by atoms with E-state index in [1.165, 1.54) is 24.3 Å². The van der Waals surface area contributed by atoms with Crippen molar-refractivity contribution in [3.8, 4) is 5.75 Å². The molecule has 0 spiro atoms. The van der Waals surface area contributed by atoms with Crippen molar-refractivity contribution < 1.29 is 27.4 Å². The van der Waals surface area contributed by atoms with Crippen molar-refractivity contribution in [3.63, 3.8) is 0 Å². The van der Waals surface area contributed by atoms with Gasteiger partial charge in [0, 0.05) is 25.7 Å². The molecule has 1 unspecified atom stereocenters. The fourth-order valence-corrected chi connectivity index (χ4v) is 3.01. The van der Waals surface area contributed by atoms with Gasteiger partial charge in [0.2, 0.25) is 0 Å². The summed E-state index contributed by atoms with van der Waals surface area (Å²) in [6.07, 6.45) is -5.81. The smallest absolute Gasteiger partial charge is 0.444 e. The molecule has 6 nitrogen and oxygen atoms in total. The van der Waals surface area contributed by atoms with Gasteiger partial charge in [0.15, 0.2) is 0 Å². The van der Waals surface area contributed by atoms with Crippen LogP contribution in [0.1, 0.15) is 39.4 Å². The minimum absolute atomic E-state index is 0.119. The number of rotatable bonds is 3. The summed E-state index contributed by atoms with van der Waals surface area (Å²) in [5, 5.41) is 0. The van der Waals surface area contributed by atoms with Gasteiger partial charge in [-0.1, -0.05) is 0 Å². The summed E-state index contributed by atoms with van der Waals surface area (Å²) < 4.78 is 46.1. The van der Waals surface area contributed by atoms with Gasteiger partial charge in [-0.2, -0.15) is 0 Å². The summed E-state index contributed by atoms with van der Waals surface area (Å²) in [6, 6.07) is 5.19. The van der Waals surface area contributed by atoms with E-state index in [-0.39, 0.29) is 11.8 Å². The molecule has 1 aliphatic rings. The van der Waals surface area contributed by atoms with Crippen molar-refractivity contribution in [1.82, 2.24) is 9.80 Å². The SMILES string of the molecule is [C-]#[N+]C(c1ccc(OC(F)(F)F)cc1)N1CCN(C(=O)OC(C)(C)C)C[C@@H]1C. The molecular weight excluding hydrogens is 375 g/mol. The molecule has 1 fully saturated rings. The zero-order valence-electron chi connectivity index (χ0n) is 16.3. The molecule has 0 aromatic heterocycles. The highest BCUT2D eigenvalue weighted by Gasteiger charge is 2.37. The predicted molar refractivity (Wildman–Crippen MR) is 96.4 cm³/mol. The van der Waals surface area contributed by atoms with Crippen LogP contribution in [0.4, 0.5) is 18.0 Å². The monoisotopic (exact) mass is 399 g/mol. The highest BCUT2D eigenvalue weighted by Crippen LogP contribution is 2.30. The van der Waals surface area contributed by atoms with Gasteiger partial charge in [0.05, 0.1) is 5.56 Å². The van der Waals surface area contributed by atoms with Crippen LogP contribution < -0.4 is 4.74 Å². The van der Waals surface area contributed by atoms with E-state index in [9.17, 15) is 18.0 Å². The number of benzene rings is 1. The molecule has 154 valence electrons. The molecule has 0 bridgehead atoms. The lowest BCUT2D eigenvalue weighted by Crippen LogP contribution is -2.54. The van der Waals surface area contributed by atoms with Gasteiger partial charge >= 0.3 is 18.6 Å². The minimum Gasteiger partial charge on any atom is -0.444 e. The van der Waals surface area contributed by atoms with Crippen LogP contribution in [0.5, 0.6) is 5.75 Å². The molecule has 0 saturated carbocycles. The van der Waals surface area contributed by atoms with Crippen molar-refractivity contribution in [2.75, 3.05) is 19.6 Å². The van der Waals surface area contributed by atoms with Gasteiger partial charge in [-0.05, 0) is 52.0 Å². The van der Waals surface area contributed by atoms with E-state index in [1.54, 1.807) is 25.7 Å². The van der Waals surface area contributed by atoms with Gasteiger partial charge in [-0.25, -0.2) is 16.3 Å². The van der Waals surface area contributed by atoms with Crippen molar-refractivity contribution >= 4 is 6.09 Å². The first kappa shape index (κ1) is 21.8. The van der Waals surface area contributed by atoms with Crippen LogP contribution >= 0.6 is 0 Å². The second-order valence-corrected chi connectivity index (χ2v) is 7.63. The van der Waals surface area contributed by atoms with Crippen LogP contribution in [0.25, 0.3) is 4.85 Å². The van der Waals surface area contributed by atoms with Gasteiger partial charge in [0.25, 0.3) is 0 Å². The first-order chi connectivity index (χ1) is 12.9. The van der Waals surface area contributed by atoms with Crippen molar-refractivity contribution in [1.29, 1.82) is 0 Å². The Morgan fingerprint density at radius 2 is 1.82 bits per heavy atom. The highest BCUT2D eigenvalue weighted by atomic mass is 19.4. The topological polar surface area (TPSA) is 46.4 Å². The fourth-order valence-electron chi connectivity index (χ4n) is 3.01. The molecule has 0 aliphatic carbocycles. The maximum atomic E-state index is 12.3. The van der Waals surface area contributed by atoms with Gasteiger partial charge in [-0.3, -0.25) is 4.85 Å². The largest absolute Gasteiger partial charge is 0.573 e. The van der Waals surface area contributed by atoms with E-state index in [1.807, 2.05) is 11.8 Å². The summed E-state index contributed by atoms with van der Waals surface area (Å²) in [5.41, 5.74) is -0.0152. The summed E-state index contributed by atoms with van der Waals surface area (Å²) in [6.45, 7) is 16.1. The van der Waals surface area contributed by atoms with Crippen LogP contribution in [0.15, 0.2) is 24.3 Å². The molecule has 1 saturated heterocycles. The van der Waals surface area contributed by atoms with Crippen LogP contribution in [-0.4, -0.2) is 53.5 Å². The third kappa shape index (κ3) is 6.02. The number of alkyl halides is 3. The number of hydrogen-bond acceptors (Lipinski definition) is 4. The first-order valence-electron chi connectivity index (χ1n) is 8.85. The molecule has 2 rings (SSSR count). The Labute approximate surface area is 162 Å². The number of carbonyl (C=O) groups is 1. The van der Waals surface area contributed by atoms with E-state index >= 15 is 0 Å². The second kappa shape index (κ2) is 8.27. The third-order valence-corrected chi connectivity index (χ3v) is 4.18. The fraction of sp³-hybridized carbons (Fsp3) is 0.579. The number of amides is 1. The quantitative estimate of drug-likeness (QED) is 0.705. The molecule has 1 amide bonds. The van der Waals surface area contributed by atoms with Gasteiger partial charge in [-0.15, -0.1) is 13.2 Å². The number of piperazine rings is 1. The number of hydrogen-bond donors (Lipinski definition) is 0. The molecule has 2 atom stereocenters. The maximum Gasteiger partial charge on any atom is 0.573 e. The lowest BCUT2D eigenvalue weighted by molar-refractivity contribution is -0.274. The molecule has 0 N–H and O–H groups in total. The van der Waals surface area contributed by atoms with Crippen LogP contribution in [-0.2, 0) is 4.74 Å². The Kier molecular flexibility index (Phi) is 6.44. The number of ether oxygens (including phenoxy) is 2. The van der Waals surface area contributed by atoms with Crippen molar-refractivity contribution in [3.05, 3.63) is 41.2 Å². The Balaban J connectivity index is 2.06. The zero-order valence-corrected chi connectivity index (χ0v) is 16.3. The Bertz CT molecular complexity index is 723. The number of halogens is 3. The molecule has 0 radical (unpaired) electrons. The molecule has 28 heavy (non-hydrogen) atoms. The number of carbonyl (C=O) groups excluding carboxylic acids is 1. The third-order valence-electron chi connectivity index (χ3n) is 4.18. The van der Waals surface area contributed by atoms with E-state index in [2.05, 4.69) is 9.58 Å². The van der Waals surface area contributed by atoms with Crippen LogP contribution in [0.3, 0.4) is 0 Å². The average Bonchev–Trinajstić information content (AvgIpc) is 2.55. The minimum atomic E-state index is -4.76. The summed E-state index contributed by atoms with van der Waals surface area (Å²) in [7, 11) is 0. The van der Waals surface area contributed by atoms with Gasteiger partial charge < -0.3 is 14.4 Å². The summed E-state index contributed by atoms with van der Waals surface area (Å²) >= 11 is 0. The second-order valence-electron chi connectivity index (χ2n) is 7.63. The van der Waals surface area contributed by atoms with E-state index in [0.717, 1.165) is 0 Å². The zero-order chi connectivity index (χ0) is 21.1. The normalized spacial score (nSPS) is 19.6. The molecule has 9 heteroatoms. The Morgan fingerprint density at radius 1 is 1.21 bits per heavy atom. The lowest BCUT2D eigenvalue weighted by Gasteiger charge is -2.40. The average molecular weight is 399 g/mol. The predicted octanol–water partition coefficient (Wildman–Crippen LogP) is 4.44. The molecule has 1 aromatic rings. The lowest BCUT2D eigenvalue weighted by atomic mass is 10.1. The van der Waals surface area contributed by atoms with Crippen LogP contribution in [0.2, 0.25) is 0 Å². The van der Waals surface area contributed by atoms with E-state index < -0.39 is 24.2 Å². The van der Waals surface area contributed by atoms with Crippen LogP contribution in [0, 0.1) is 6.57 Å². The van der Waals surface area contributed by atoms with E-state index in [0.29, 0.717) is 25.2 Å². The van der Waals surface area contributed by atoms with Crippen molar-refractivity contribution in [2.45, 2.75) is 51.9 Å². The molecular formula is C19H24F3N3O3. The van der Waals surface area contributed by atoms with Crippen molar-refractivity contribution in [2.24, 2.45) is 0 Å². The Morgan fingerprint density at radius 3 is 2.29 bits per heavy atom. The highest BCUT2D eigenvalue weighted by molar-refractivity contribution is 5.68. The van der Waals surface area contributed by atoms with E-state index in [4.69, 9.17) is 11.3 Å². The molecule has 1 aromatic carbocycles.